The molecule has 0 saturated heterocycles. The molecule has 0 spiro atoms. The SMILES string of the molecule is CCCN(CCC)CCC(=O)Nc1ccccc1Sc1ccc(Cl)cc1Cl. The van der Waals surface area contributed by atoms with Gasteiger partial charge in [-0.1, -0.05) is 60.9 Å². The Hall–Kier alpha value is -1.20. The second kappa shape index (κ2) is 11.6. The van der Waals surface area contributed by atoms with Crippen LogP contribution in [0.3, 0.4) is 0 Å². The van der Waals surface area contributed by atoms with Crippen molar-refractivity contribution in [2.75, 3.05) is 25.0 Å². The standard InChI is InChI=1S/C21H26Cl2N2OS/c1-3-12-25(13-4-2)14-11-21(26)24-18-7-5-6-8-20(18)27-19-10-9-16(22)15-17(19)23/h5-10,15H,3-4,11-14H2,1-2H3,(H,24,26). The lowest BCUT2D eigenvalue weighted by molar-refractivity contribution is -0.116. The number of amides is 1. The fourth-order valence-corrected chi connectivity index (χ4v) is 4.20. The van der Waals surface area contributed by atoms with Crippen molar-refractivity contribution in [2.24, 2.45) is 0 Å². The lowest BCUT2D eigenvalue weighted by Gasteiger charge is -2.20. The van der Waals surface area contributed by atoms with Crippen LogP contribution in [0, 0.1) is 0 Å². The largest absolute Gasteiger partial charge is 0.325 e. The summed E-state index contributed by atoms with van der Waals surface area (Å²) >= 11 is 13.8. The molecule has 146 valence electrons. The van der Waals surface area contributed by atoms with E-state index in [1.165, 1.54) is 11.8 Å². The smallest absolute Gasteiger partial charge is 0.225 e. The molecule has 0 fully saturated rings. The lowest BCUT2D eigenvalue weighted by atomic mass is 10.2. The zero-order valence-corrected chi connectivity index (χ0v) is 18.1. The van der Waals surface area contributed by atoms with Crippen LogP contribution in [0.15, 0.2) is 52.3 Å². The highest BCUT2D eigenvalue weighted by molar-refractivity contribution is 7.99. The monoisotopic (exact) mass is 424 g/mol. The van der Waals surface area contributed by atoms with Crippen LogP contribution in [-0.4, -0.2) is 30.4 Å². The first-order chi connectivity index (χ1) is 13.0. The molecule has 0 unspecified atom stereocenters. The van der Waals surface area contributed by atoms with Crippen LogP contribution in [0.25, 0.3) is 0 Å². The summed E-state index contributed by atoms with van der Waals surface area (Å²) in [6.45, 7) is 7.17. The van der Waals surface area contributed by atoms with Crippen molar-refractivity contribution in [1.29, 1.82) is 0 Å². The number of hydrogen-bond donors (Lipinski definition) is 1. The van der Waals surface area contributed by atoms with Crippen LogP contribution in [0.5, 0.6) is 0 Å². The molecule has 1 amide bonds. The predicted octanol–water partition coefficient (Wildman–Crippen LogP) is 6.60. The summed E-state index contributed by atoms with van der Waals surface area (Å²) in [5.41, 5.74) is 0.802. The maximum absolute atomic E-state index is 12.5. The zero-order chi connectivity index (χ0) is 19.6. The molecule has 2 aromatic rings. The molecule has 0 bridgehead atoms. The maximum atomic E-state index is 12.5. The summed E-state index contributed by atoms with van der Waals surface area (Å²) in [4.78, 5) is 16.6. The minimum absolute atomic E-state index is 0.0301. The number of halogens is 2. The second-order valence-electron chi connectivity index (χ2n) is 6.31. The number of carbonyl (C=O) groups excluding carboxylic acids is 1. The van der Waals surface area contributed by atoms with E-state index >= 15 is 0 Å². The summed E-state index contributed by atoms with van der Waals surface area (Å²) in [6, 6.07) is 13.2. The first-order valence-corrected chi connectivity index (χ1v) is 10.8. The van der Waals surface area contributed by atoms with Crippen molar-refractivity contribution < 1.29 is 4.79 Å². The van der Waals surface area contributed by atoms with Gasteiger partial charge in [0.15, 0.2) is 0 Å². The molecule has 0 radical (unpaired) electrons. The Morgan fingerprint density at radius 3 is 2.37 bits per heavy atom. The second-order valence-corrected chi connectivity index (χ2v) is 8.24. The summed E-state index contributed by atoms with van der Waals surface area (Å²) in [5, 5.41) is 4.25. The number of anilines is 1. The van der Waals surface area contributed by atoms with E-state index in [-0.39, 0.29) is 5.91 Å². The fraction of sp³-hybridized carbons (Fsp3) is 0.381. The van der Waals surface area contributed by atoms with Gasteiger partial charge in [-0.25, -0.2) is 0 Å². The van der Waals surface area contributed by atoms with E-state index in [2.05, 4.69) is 24.1 Å². The van der Waals surface area contributed by atoms with Gasteiger partial charge in [0.2, 0.25) is 5.91 Å². The van der Waals surface area contributed by atoms with Crippen molar-refractivity contribution in [1.82, 2.24) is 4.90 Å². The van der Waals surface area contributed by atoms with E-state index in [0.717, 1.165) is 48.0 Å². The van der Waals surface area contributed by atoms with Gasteiger partial charge in [-0.2, -0.15) is 0 Å². The van der Waals surface area contributed by atoms with E-state index in [0.29, 0.717) is 16.5 Å². The third-order valence-corrected chi connectivity index (χ3v) is 5.82. The van der Waals surface area contributed by atoms with E-state index in [9.17, 15) is 4.79 Å². The summed E-state index contributed by atoms with van der Waals surface area (Å²) in [6.07, 6.45) is 2.69. The molecule has 2 rings (SSSR count). The Labute approximate surface area is 176 Å². The van der Waals surface area contributed by atoms with E-state index < -0.39 is 0 Å². The van der Waals surface area contributed by atoms with Gasteiger partial charge in [0.1, 0.15) is 0 Å². The van der Waals surface area contributed by atoms with Crippen molar-refractivity contribution in [3.8, 4) is 0 Å². The number of benzene rings is 2. The van der Waals surface area contributed by atoms with Gasteiger partial charge in [0.05, 0.1) is 10.7 Å². The Kier molecular flexibility index (Phi) is 9.49. The fourth-order valence-electron chi connectivity index (χ4n) is 2.78. The molecule has 6 heteroatoms. The molecule has 0 aliphatic heterocycles. The summed E-state index contributed by atoms with van der Waals surface area (Å²) in [7, 11) is 0. The summed E-state index contributed by atoms with van der Waals surface area (Å²) < 4.78 is 0. The van der Waals surface area contributed by atoms with E-state index in [4.69, 9.17) is 23.2 Å². The average molecular weight is 425 g/mol. The minimum atomic E-state index is 0.0301. The number of hydrogen-bond acceptors (Lipinski definition) is 3. The first-order valence-electron chi connectivity index (χ1n) is 9.27. The molecule has 0 aliphatic carbocycles. The van der Waals surface area contributed by atoms with Crippen LogP contribution < -0.4 is 5.32 Å². The van der Waals surface area contributed by atoms with Gasteiger partial charge in [0, 0.05) is 27.8 Å². The Morgan fingerprint density at radius 2 is 1.70 bits per heavy atom. The molecular weight excluding hydrogens is 399 g/mol. The highest BCUT2D eigenvalue weighted by Crippen LogP contribution is 2.38. The van der Waals surface area contributed by atoms with Crippen LogP contribution >= 0.6 is 35.0 Å². The Balaban J connectivity index is 2.01. The zero-order valence-electron chi connectivity index (χ0n) is 15.8. The molecule has 0 aromatic heterocycles. The molecule has 0 heterocycles. The molecule has 3 nitrogen and oxygen atoms in total. The van der Waals surface area contributed by atoms with Crippen molar-refractivity contribution in [3.63, 3.8) is 0 Å². The van der Waals surface area contributed by atoms with Crippen LogP contribution in [-0.2, 0) is 4.79 Å². The molecule has 0 atom stereocenters. The van der Waals surface area contributed by atoms with Crippen LogP contribution in [0.1, 0.15) is 33.1 Å². The third-order valence-electron chi connectivity index (χ3n) is 4.01. The number of para-hydroxylation sites is 1. The molecule has 2 aromatic carbocycles. The number of nitrogens with one attached hydrogen (secondary N) is 1. The normalized spacial score (nSPS) is 11.0. The van der Waals surface area contributed by atoms with Gasteiger partial charge >= 0.3 is 0 Å². The van der Waals surface area contributed by atoms with Gasteiger partial charge in [-0.15, -0.1) is 0 Å². The molecule has 27 heavy (non-hydrogen) atoms. The Morgan fingerprint density at radius 1 is 1.00 bits per heavy atom. The van der Waals surface area contributed by atoms with Gasteiger partial charge in [-0.05, 0) is 56.3 Å². The minimum Gasteiger partial charge on any atom is -0.325 e. The van der Waals surface area contributed by atoms with Crippen LogP contribution in [0.4, 0.5) is 5.69 Å². The Bertz CT molecular complexity index is 749. The number of nitrogens with zero attached hydrogens (tertiary/aromatic N) is 1. The first kappa shape index (κ1) is 22.1. The van der Waals surface area contributed by atoms with Gasteiger partial charge in [0.25, 0.3) is 0 Å². The quantitative estimate of drug-likeness (QED) is 0.466. The number of carbonyl (C=O) groups is 1. The van der Waals surface area contributed by atoms with Crippen molar-refractivity contribution in [2.45, 2.75) is 42.9 Å². The third kappa shape index (κ3) is 7.38. The molecule has 1 N–H and O–H groups in total. The summed E-state index contributed by atoms with van der Waals surface area (Å²) in [5.74, 6) is 0.0301. The topological polar surface area (TPSA) is 32.3 Å². The van der Waals surface area contributed by atoms with Crippen LogP contribution in [0.2, 0.25) is 10.0 Å². The average Bonchev–Trinajstić information content (AvgIpc) is 2.64. The molecule has 0 saturated carbocycles. The number of rotatable bonds is 10. The van der Waals surface area contributed by atoms with Crippen molar-refractivity contribution >= 4 is 46.6 Å². The predicted molar refractivity (Wildman–Crippen MR) is 117 cm³/mol. The highest BCUT2D eigenvalue weighted by atomic mass is 35.5. The van der Waals surface area contributed by atoms with E-state index in [1.54, 1.807) is 6.07 Å². The maximum Gasteiger partial charge on any atom is 0.225 e. The van der Waals surface area contributed by atoms with Gasteiger partial charge < -0.3 is 10.2 Å². The highest BCUT2D eigenvalue weighted by Gasteiger charge is 2.11. The molecule has 0 aliphatic rings. The van der Waals surface area contributed by atoms with Gasteiger partial charge in [-0.3, -0.25) is 4.79 Å². The molecular formula is C21H26Cl2N2OS. The van der Waals surface area contributed by atoms with Crippen molar-refractivity contribution in [3.05, 3.63) is 52.5 Å². The lowest BCUT2D eigenvalue weighted by Crippen LogP contribution is -2.29. The van der Waals surface area contributed by atoms with E-state index in [1.807, 2.05) is 36.4 Å².